The van der Waals surface area contributed by atoms with Gasteiger partial charge in [0.1, 0.15) is 0 Å². The normalized spacial score (nSPS) is 27.2. The van der Waals surface area contributed by atoms with Gasteiger partial charge in [-0.2, -0.15) is 4.98 Å². The van der Waals surface area contributed by atoms with Gasteiger partial charge in [0.25, 0.3) is 0 Å². The first-order valence-electron chi connectivity index (χ1n) is 5.45. The molecule has 1 aromatic heterocycles. The second-order valence-corrected chi connectivity index (χ2v) is 4.17. The fourth-order valence-electron chi connectivity index (χ4n) is 1.98. The Bertz CT molecular complexity index is 342. The predicted octanol–water partition coefficient (Wildman–Crippen LogP) is -0.0404. The van der Waals surface area contributed by atoms with E-state index in [-0.39, 0.29) is 18.8 Å². The first-order chi connectivity index (χ1) is 7.67. The molecule has 0 aliphatic carbocycles. The summed E-state index contributed by atoms with van der Waals surface area (Å²) in [6.45, 7) is 5.98. The van der Waals surface area contributed by atoms with Crippen LogP contribution in [-0.4, -0.2) is 52.1 Å². The Morgan fingerprint density at radius 1 is 1.50 bits per heavy atom. The van der Waals surface area contributed by atoms with E-state index in [1.165, 1.54) is 0 Å². The molecule has 2 heterocycles. The van der Waals surface area contributed by atoms with Gasteiger partial charge in [0.05, 0.1) is 25.4 Å². The van der Waals surface area contributed by atoms with Gasteiger partial charge in [-0.15, -0.1) is 0 Å². The van der Waals surface area contributed by atoms with Gasteiger partial charge >= 0.3 is 0 Å². The maximum absolute atomic E-state index is 9.10. The van der Waals surface area contributed by atoms with Crippen molar-refractivity contribution in [2.45, 2.75) is 32.6 Å². The smallest absolute Gasteiger partial charge is 0.223 e. The second-order valence-electron chi connectivity index (χ2n) is 4.17. The van der Waals surface area contributed by atoms with Crippen LogP contribution in [0.4, 0.5) is 0 Å². The van der Waals surface area contributed by atoms with Crippen LogP contribution in [0.1, 0.15) is 18.6 Å². The van der Waals surface area contributed by atoms with Crippen LogP contribution in [0.3, 0.4) is 0 Å². The van der Waals surface area contributed by atoms with Crippen LogP contribution in [0.2, 0.25) is 0 Å². The molecule has 0 spiro atoms. The third kappa shape index (κ3) is 2.78. The second kappa shape index (κ2) is 4.90. The molecule has 1 aliphatic rings. The number of ether oxygens (including phenoxy) is 1. The van der Waals surface area contributed by atoms with Crippen molar-refractivity contribution in [3.8, 4) is 0 Å². The summed E-state index contributed by atoms with van der Waals surface area (Å²) in [7, 11) is 0. The monoisotopic (exact) mass is 227 g/mol. The average Bonchev–Trinajstić information content (AvgIpc) is 2.63. The quantitative estimate of drug-likeness (QED) is 0.781. The zero-order valence-corrected chi connectivity index (χ0v) is 9.59. The number of aliphatic hydroxyl groups excluding tert-OH is 1. The highest BCUT2D eigenvalue weighted by molar-refractivity contribution is 4.86. The van der Waals surface area contributed by atoms with Crippen molar-refractivity contribution < 1.29 is 14.4 Å². The van der Waals surface area contributed by atoms with Gasteiger partial charge in [0.2, 0.25) is 5.89 Å². The van der Waals surface area contributed by atoms with Crippen LogP contribution < -0.4 is 0 Å². The lowest BCUT2D eigenvalue weighted by molar-refractivity contribution is -0.0978. The molecule has 1 N–H and O–H groups in total. The van der Waals surface area contributed by atoms with E-state index < -0.39 is 0 Å². The number of rotatable bonds is 3. The van der Waals surface area contributed by atoms with E-state index in [0.29, 0.717) is 24.8 Å². The number of nitrogens with zero attached hydrogens (tertiary/aromatic N) is 3. The van der Waals surface area contributed by atoms with Crippen LogP contribution in [-0.2, 0) is 11.3 Å². The SMILES string of the molecule is Cc1nc(CN2CC(C)OC(CO)C2)no1. The summed E-state index contributed by atoms with van der Waals surface area (Å²) in [4.78, 5) is 6.32. The molecule has 0 bridgehead atoms. The molecule has 1 saturated heterocycles. The van der Waals surface area contributed by atoms with E-state index in [0.717, 1.165) is 6.54 Å². The summed E-state index contributed by atoms with van der Waals surface area (Å²) in [5.74, 6) is 1.26. The van der Waals surface area contributed by atoms with Gasteiger partial charge in [0, 0.05) is 20.0 Å². The zero-order chi connectivity index (χ0) is 11.5. The number of aryl methyl sites for hydroxylation is 1. The first kappa shape index (κ1) is 11.5. The molecule has 1 aliphatic heterocycles. The van der Waals surface area contributed by atoms with Crippen LogP contribution in [0.5, 0.6) is 0 Å². The third-order valence-electron chi connectivity index (χ3n) is 2.54. The van der Waals surface area contributed by atoms with Crippen molar-refractivity contribution >= 4 is 0 Å². The minimum absolute atomic E-state index is 0.0477. The maximum Gasteiger partial charge on any atom is 0.223 e. The van der Waals surface area contributed by atoms with Crippen molar-refractivity contribution in [1.29, 1.82) is 0 Å². The van der Waals surface area contributed by atoms with Crippen molar-refractivity contribution in [1.82, 2.24) is 15.0 Å². The molecule has 6 nitrogen and oxygen atoms in total. The van der Waals surface area contributed by atoms with Crippen molar-refractivity contribution in [3.05, 3.63) is 11.7 Å². The van der Waals surface area contributed by atoms with Gasteiger partial charge in [-0.05, 0) is 6.92 Å². The summed E-state index contributed by atoms with van der Waals surface area (Å²) >= 11 is 0. The molecule has 2 rings (SSSR count). The van der Waals surface area contributed by atoms with Crippen molar-refractivity contribution in [3.63, 3.8) is 0 Å². The lowest BCUT2D eigenvalue weighted by atomic mass is 10.2. The minimum Gasteiger partial charge on any atom is -0.394 e. The summed E-state index contributed by atoms with van der Waals surface area (Å²) in [5, 5.41) is 13.0. The van der Waals surface area contributed by atoms with Gasteiger partial charge in [-0.1, -0.05) is 5.16 Å². The molecule has 0 amide bonds. The fraction of sp³-hybridized carbons (Fsp3) is 0.800. The maximum atomic E-state index is 9.10. The number of aromatic nitrogens is 2. The largest absolute Gasteiger partial charge is 0.394 e. The van der Waals surface area contributed by atoms with Gasteiger partial charge in [0.15, 0.2) is 5.82 Å². The minimum atomic E-state index is -0.114. The van der Waals surface area contributed by atoms with Crippen LogP contribution in [0.25, 0.3) is 0 Å². The van der Waals surface area contributed by atoms with Crippen LogP contribution >= 0.6 is 0 Å². The van der Waals surface area contributed by atoms with Crippen molar-refractivity contribution in [2.24, 2.45) is 0 Å². The number of hydrogen-bond donors (Lipinski definition) is 1. The summed E-state index contributed by atoms with van der Waals surface area (Å²) in [5.41, 5.74) is 0. The Morgan fingerprint density at radius 3 is 2.94 bits per heavy atom. The van der Waals surface area contributed by atoms with Gasteiger partial charge in [-0.3, -0.25) is 4.90 Å². The average molecular weight is 227 g/mol. The number of hydrogen-bond acceptors (Lipinski definition) is 6. The first-order valence-corrected chi connectivity index (χ1v) is 5.45. The Kier molecular flexibility index (Phi) is 3.52. The molecule has 1 aromatic rings. The topological polar surface area (TPSA) is 71.6 Å². The molecule has 0 saturated carbocycles. The molecule has 0 radical (unpaired) electrons. The van der Waals surface area contributed by atoms with Gasteiger partial charge in [-0.25, -0.2) is 0 Å². The Hall–Kier alpha value is -0.980. The molecule has 90 valence electrons. The molecule has 2 atom stereocenters. The summed E-state index contributed by atoms with van der Waals surface area (Å²) in [6, 6.07) is 0. The molecular formula is C10H17N3O3. The van der Waals surface area contributed by atoms with E-state index in [9.17, 15) is 0 Å². The predicted molar refractivity (Wildman–Crippen MR) is 55.7 cm³/mol. The lowest BCUT2D eigenvalue weighted by Gasteiger charge is -2.35. The lowest BCUT2D eigenvalue weighted by Crippen LogP contribution is -2.47. The van der Waals surface area contributed by atoms with E-state index in [1.807, 2.05) is 6.92 Å². The highest BCUT2D eigenvalue weighted by Crippen LogP contribution is 2.12. The molecule has 0 aromatic carbocycles. The Labute approximate surface area is 94.2 Å². The standard InChI is InChI=1S/C10H17N3O3/c1-7-3-13(4-9(6-14)15-7)5-10-11-8(2)16-12-10/h7,9,14H,3-6H2,1-2H3. The third-order valence-corrected chi connectivity index (χ3v) is 2.54. The highest BCUT2D eigenvalue weighted by atomic mass is 16.5. The van der Waals surface area contributed by atoms with E-state index in [4.69, 9.17) is 14.4 Å². The molecule has 6 heteroatoms. The zero-order valence-electron chi connectivity index (χ0n) is 9.59. The van der Waals surface area contributed by atoms with Crippen molar-refractivity contribution in [2.75, 3.05) is 19.7 Å². The highest BCUT2D eigenvalue weighted by Gasteiger charge is 2.25. The molecule has 16 heavy (non-hydrogen) atoms. The molecule has 1 fully saturated rings. The Morgan fingerprint density at radius 2 is 2.31 bits per heavy atom. The number of aliphatic hydroxyl groups is 1. The molecule has 2 unspecified atom stereocenters. The van der Waals surface area contributed by atoms with E-state index in [1.54, 1.807) is 6.92 Å². The Balaban J connectivity index is 1.93. The number of morpholine rings is 1. The van der Waals surface area contributed by atoms with E-state index in [2.05, 4.69) is 15.0 Å². The van der Waals surface area contributed by atoms with Crippen LogP contribution in [0, 0.1) is 6.92 Å². The van der Waals surface area contributed by atoms with E-state index >= 15 is 0 Å². The van der Waals surface area contributed by atoms with Crippen LogP contribution in [0.15, 0.2) is 4.52 Å². The molecular weight excluding hydrogens is 210 g/mol. The summed E-state index contributed by atoms with van der Waals surface area (Å²) < 4.78 is 10.5. The summed E-state index contributed by atoms with van der Waals surface area (Å²) in [6.07, 6.45) is 0.00986. The van der Waals surface area contributed by atoms with Gasteiger partial charge < -0.3 is 14.4 Å². The fourth-order valence-corrected chi connectivity index (χ4v) is 1.98.